The van der Waals surface area contributed by atoms with Gasteiger partial charge in [0.2, 0.25) is 0 Å². The van der Waals surface area contributed by atoms with E-state index in [1.165, 1.54) is 18.2 Å². The molecular formula is C20H24N4O2. The maximum Gasteiger partial charge on any atom is 0.337 e. The third kappa shape index (κ3) is 4.89. The number of esters is 1. The van der Waals surface area contributed by atoms with Crippen molar-refractivity contribution in [1.29, 1.82) is 0 Å². The van der Waals surface area contributed by atoms with Gasteiger partial charge in [-0.05, 0) is 36.8 Å². The summed E-state index contributed by atoms with van der Waals surface area (Å²) in [6.07, 6.45) is 0. The molecule has 0 unspecified atom stereocenters. The zero-order chi connectivity index (χ0) is 18.4. The Hall–Kier alpha value is -2.73. The molecule has 0 bridgehead atoms. The Balaban J connectivity index is 1.49. The molecule has 6 nitrogen and oxygen atoms in total. The van der Waals surface area contributed by atoms with E-state index < -0.39 is 0 Å². The van der Waals surface area contributed by atoms with Crippen molar-refractivity contribution in [3.8, 4) is 0 Å². The summed E-state index contributed by atoms with van der Waals surface area (Å²) < 4.78 is 4.68. The minimum Gasteiger partial charge on any atom is -0.465 e. The molecule has 0 aliphatic carbocycles. The molecule has 2 aromatic carbocycles. The minimum atomic E-state index is -0.349. The summed E-state index contributed by atoms with van der Waals surface area (Å²) in [7, 11) is 1.37. The van der Waals surface area contributed by atoms with Gasteiger partial charge in [-0.25, -0.2) is 4.79 Å². The number of hydrogen-bond donors (Lipinski definition) is 0. The second kappa shape index (κ2) is 8.58. The van der Waals surface area contributed by atoms with Crippen LogP contribution in [0.4, 0.5) is 5.69 Å². The monoisotopic (exact) mass is 352 g/mol. The molecule has 0 aromatic heterocycles. The molecule has 0 atom stereocenters. The molecule has 136 valence electrons. The zero-order valence-corrected chi connectivity index (χ0v) is 15.3. The van der Waals surface area contributed by atoms with Gasteiger partial charge in [0.25, 0.3) is 0 Å². The van der Waals surface area contributed by atoms with E-state index in [9.17, 15) is 4.79 Å². The fraction of sp³-hybridized carbons (Fsp3) is 0.350. The number of methoxy groups -OCH3 is 1. The lowest BCUT2D eigenvalue weighted by molar-refractivity contribution is 0.0601. The van der Waals surface area contributed by atoms with Gasteiger partial charge in [-0.3, -0.25) is 9.91 Å². The predicted molar refractivity (Wildman–Crippen MR) is 100 cm³/mol. The van der Waals surface area contributed by atoms with E-state index in [4.69, 9.17) is 0 Å². The van der Waals surface area contributed by atoms with Gasteiger partial charge >= 0.3 is 5.97 Å². The fourth-order valence-electron chi connectivity index (χ4n) is 2.95. The van der Waals surface area contributed by atoms with Crippen molar-refractivity contribution in [1.82, 2.24) is 9.91 Å². The van der Waals surface area contributed by atoms with Gasteiger partial charge in [-0.1, -0.05) is 35.1 Å². The molecule has 1 aliphatic rings. The van der Waals surface area contributed by atoms with Gasteiger partial charge < -0.3 is 4.74 Å². The molecule has 6 heteroatoms. The number of carbonyl (C=O) groups excluding carboxylic acids is 1. The van der Waals surface area contributed by atoms with Crippen molar-refractivity contribution >= 4 is 11.7 Å². The third-order valence-electron chi connectivity index (χ3n) is 4.41. The van der Waals surface area contributed by atoms with E-state index >= 15 is 0 Å². The van der Waals surface area contributed by atoms with Crippen molar-refractivity contribution in [2.75, 3.05) is 33.3 Å². The lowest BCUT2D eigenvalue weighted by Crippen LogP contribution is -2.43. The van der Waals surface area contributed by atoms with Crippen molar-refractivity contribution in [2.45, 2.75) is 13.5 Å². The first-order valence-electron chi connectivity index (χ1n) is 8.77. The van der Waals surface area contributed by atoms with E-state index in [1.807, 2.05) is 5.01 Å². The van der Waals surface area contributed by atoms with Crippen LogP contribution < -0.4 is 0 Å². The van der Waals surface area contributed by atoms with Crippen LogP contribution in [0, 0.1) is 6.92 Å². The standard InChI is InChI=1S/C20H24N4O2/c1-16-4-3-5-17(14-16)15-23-10-12-24(13-11-23)22-21-19-8-6-18(7-9-19)20(25)26-2/h3-9,14H,10-13,15H2,1-2H3. The second-order valence-electron chi connectivity index (χ2n) is 6.45. The average molecular weight is 352 g/mol. The SMILES string of the molecule is COC(=O)c1ccc(N=NN2CCN(Cc3cccc(C)c3)CC2)cc1. The summed E-state index contributed by atoms with van der Waals surface area (Å²) in [4.78, 5) is 13.9. The molecule has 0 spiro atoms. The quantitative estimate of drug-likeness (QED) is 0.609. The number of aryl methyl sites for hydroxylation is 1. The van der Waals surface area contributed by atoms with Crippen LogP contribution in [-0.4, -0.2) is 49.2 Å². The van der Waals surface area contributed by atoms with E-state index in [2.05, 4.69) is 51.2 Å². The summed E-state index contributed by atoms with van der Waals surface area (Å²) in [5.74, 6) is -0.349. The van der Waals surface area contributed by atoms with Gasteiger partial charge in [-0.15, -0.1) is 5.11 Å². The van der Waals surface area contributed by atoms with Crippen LogP contribution in [0.1, 0.15) is 21.5 Å². The minimum absolute atomic E-state index is 0.349. The van der Waals surface area contributed by atoms with Crippen LogP contribution in [0.3, 0.4) is 0 Å². The molecule has 3 rings (SSSR count). The third-order valence-corrected chi connectivity index (χ3v) is 4.41. The van der Waals surface area contributed by atoms with Gasteiger partial charge in [-0.2, -0.15) is 0 Å². The lowest BCUT2D eigenvalue weighted by atomic mass is 10.1. The molecule has 0 saturated carbocycles. The lowest BCUT2D eigenvalue weighted by Gasteiger charge is -2.32. The number of carbonyl (C=O) groups is 1. The van der Waals surface area contributed by atoms with E-state index in [-0.39, 0.29) is 5.97 Å². The van der Waals surface area contributed by atoms with Gasteiger partial charge in [0.15, 0.2) is 0 Å². The highest BCUT2D eigenvalue weighted by Crippen LogP contribution is 2.16. The number of rotatable bonds is 5. The number of benzene rings is 2. The summed E-state index contributed by atoms with van der Waals surface area (Å²) >= 11 is 0. The first kappa shape index (κ1) is 18.1. The number of piperazine rings is 1. The molecule has 1 aliphatic heterocycles. The molecule has 26 heavy (non-hydrogen) atoms. The molecule has 2 aromatic rings. The highest BCUT2D eigenvalue weighted by molar-refractivity contribution is 5.89. The molecule has 1 fully saturated rings. The Labute approximate surface area is 154 Å². The van der Waals surface area contributed by atoms with E-state index in [1.54, 1.807) is 24.3 Å². The van der Waals surface area contributed by atoms with Crippen molar-refractivity contribution in [2.24, 2.45) is 10.3 Å². The second-order valence-corrected chi connectivity index (χ2v) is 6.45. The summed E-state index contributed by atoms with van der Waals surface area (Å²) in [5, 5.41) is 10.6. The van der Waals surface area contributed by atoms with Crippen LogP contribution >= 0.6 is 0 Å². The first-order chi connectivity index (χ1) is 12.6. The Bertz CT molecular complexity index is 766. The molecule has 0 amide bonds. The van der Waals surface area contributed by atoms with Gasteiger partial charge in [0.05, 0.1) is 31.5 Å². The van der Waals surface area contributed by atoms with Gasteiger partial charge in [0, 0.05) is 19.6 Å². The number of hydrogen-bond acceptors (Lipinski definition) is 5. The van der Waals surface area contributed by atoms with Crippen LogP contribution in [0.25, 0.3) is 0 Å². The maximum absolute atomic E-state index is 11.4. The van der Waals surface area contributed by atoms with E-state index in [0.29, 0.717) is 5.56 Å². The highest BCUT2D eigenvalue weighted by atomic mass is 16.5. The van der Waals surface area contributed by atoms with Crippen LogP contribution in [0.2, 0.25) is 0 Å². The predicted octanol–water partition coefficient (Wildman–Crippen LogP) is 3.60. The normalized spacial score (nSPS) is 15.4. The summed E-state index contributed by atoms with van der Waals surface area (Å²) in [5.41, 5.74) is 3.88. The average Bonchev–Trinajstić information content (AvgIpc) is 2.67. The fourth-order valence-corrected chi connectivity index (χ4v) is 2.95. The van der Waals surface area contributed by atoms with Crippen LogP contribution in [0.15, 0.2) is 58.9 Å². The zero-order valence-electron chi connectivity index (χ0n) is 15.3. The Morgan fingerprint density at radius 2 is 1.81 bits per heavy atom. The molecule has 0 radical (unpaired) electrons. The molecule has 0 N–H and O–H groups in total. The maximum atomic E-state index is 11.4. The van der Waals surface area contributed by atoms with Crippen molar-refractivity contribution in [3.05, 3.63) is 65.2 Å². The first-order valence-corrected chi connectivity index (χ1v) is 8.77. The Morgan fingerprint density at radius 1 is 1.08 bits per heavy atom. The number of ether oxygens (including phenoxy) is 1. The van der Waals surface area contributed by atoms with Crippen molar-refractivity contribution in [3.63, 3.8) is 0 Å². The molecular weight excluding hydrogens is 328 g/mol. The summed E-state index contributed by atoms with van der Waals surface area (Å²) in [6.45, 7) is 6.74. The topological polar surface area (TPSA) is 57.5 Å². The smallest absolute Gasteiger partial charge is 0.337 e. The van der Waals surface area contributed by atoms with Gasteiger partial charge in [0.1, 0.15) is 0 Å². The Morgan fingerprint density at radius 3 is 2.46 bits per heavy atom. The molecule has 1 saturated heterocycles. The highest BCUT2D eigenvalue weighted by Gasteiger charge is 2.16. The largest absolute Gasteiger partial charge is 0.465 e. The Kier molecular flexibility index (Phi) is 5.96. The van der Waals surface area contributed by atoms with Crippen LogP contribution in [-0.2, 0) is 11.3 Å². The molecule has 1 heterocycles. The van der Waals surface area contributed by atoms with Crippen LogP contribution in [0.5, 0.6) is 0 Å². The summed E-state index contributed by atoms with van der Waals surface area (Å²) in [6, 6.07) is 15.6. The number of nitrogens with zero attached hydrogens (tertiary/aromatic N) is 4. The van der Waals surface area contributed by atoms with E-state index in [0.717, 1.165) is 38.4 Å². The van der Waals surface area contributed by atoms with Crippen molar-refractivity contribution < 1.29 is 9.53 Å².